The van der Waals surface area contributed by atoms with E-state index in [1.165, 1.54) is 0 Å². The van der Waals surface area contributed by atoms with Gasteiger partial charge in [0.15, 0.2) is 0 Å². The lowest BCUT2D eigenvalue weighted by atomic mass is 10.1. The zero-order valence-corrected chi connectivity index (χ0v) is 8.38. The number of hydrogen-bond donors (Lipinski definition) is 2. The molecule has 0 amide bonds. The molecule has 0 atom stereocenters. The van der Waals surface area contributed by atoms with Gasteiger partial charge in [0.1, 0.15) is 0 Å². The van der Waals surface area contributed by atoms with Crippen molar-refractivity contribution in [3.63, 3.8) is 0 Å². The Morgan fingerprint density at radius 3 is 2.71 bits per heavy atom. The molecule has 0 saturated heterocycles. The molecule has 0 aromatic heterocycles. The fraction of sp³-hybridized carbons (Fsp3) is 0.273. The molecule has 1 aromatic rings. The molecule has 2 N–H and O–H groups in total. The van der Waals surface area contributed by atoms with E-state index < -0.39 is 0 Å². The fourth-order valence-corrected chi connectivity index (χ4v) is 1.14. The van der Waals surface area contributed by atoms with Gasteiger partial charge in [-0.15, -0.1) is 0 Å². The van der Waals surface area contributed by atoms with Gasteiger partial charge < -0.3 is 10.2 Å². The third kappa shape index (κ3) is 3.04. The van der Waals surface area contributed by atoms with E-state index in [1.807, 2.05) is 0 Å². The number of halogens is 1. The van der Waals surface area contributed by atoms with Crippen molar-refractivity contribution in [1.29, 1.82) is 0 Å². The first kappa shape index (κ1) is 11.1. The second-order valence-electron chi connectivity index (χ2n) is 2.75. The summed E-state index contributed by atoms with van der Waals surface area (Å²) in [4.78, 5) is 0. The molecule has 1 aromatic carbocycles. The Bertz CT molecular complexity index is 363. The summed E-state index contributed by atoms with van der Waals surface area (Å²) in [6, 6.07) is 5.20. The van der Waals surface area contributed by atoms with E-state index in [0.29, 0.717) is 17.0 Å². The first-order valence-electron chi connectivity index (χ1n) is 4.27. The van der Waals surface area contributed by atoms with E-state index in [2.05, 4.69) is 11.8 Å². The Labute approximate surface area is 88.1 Å². The van der Waals surface area contributed by atoms with Crippen LogP contribution in [0.1, 0.15) is 17.5 Å². The number of aliphatic hydroxyl groups excluding tert-OH is 2. The largest absolute Gasteiger partial charge is 0.395 e. The zero-order chi connectivity index (χ0) is 10.4. The number of benzene rings is 1. The van der Waals surface area contributed by atoms with E-state index in [1.54, 1.807) is 18.2 Å². The van der Waals surface area contributed by atoms with Crippen LogP contribution in [0.3, 0.4) is 0 Å². The summed E-state index contributed by atoms with van der Waals surface area (Å²) in [6.07, 6.45) is 0.430. The molecule has 0 fully saturated rings. The maximum absolute atomic E-state index is 8.89. The minimum absolute atomic E-state index is 0.0220. The quantitative estimate of drug-likeness (QED) is 0.728. The molecule has 0 saturated carbocycles. The molecule has 0 heterocycles. The maximum Gasteiger partial charge on any atom is 0.0682 e. The van der Waals surface area contributed by atoms with Gasteiger partial charge in [-0.3, -0.25) is 0 Å². The first-order valence-corrected chi connectivity index (χ1v) is 4.64. The van der Waals surface area contributed by atoms with Gasteiger partial charge >= 0.3 is 0 Å². The summed E-state index contributed by atoms with van der Waals surface area (Å²) in [6.45, 7) is 0.0240. The van der Waals surface area contributed by atoms with Crippen molar-refractivity contribution in [2.45, 2.75) is 13.0 Å². The summed E-state index contributed by atoms with van der Waals surface area (Å²) in [5.74, 6) is 5.61. The topological polar surface area (TPSA) is 40.5 Å². The molecule has 14 heavy (non-hydrogen) atoms. The van der Waals surface area contributed by atoms with Gasteiger partial charge in [0.25, 0.3) is 0 Å². The van der Waals surface area contributed by atoms with Crippen LogP contribution in [-0.2, 0) is 6.61 Å². The number of hydrogen-bond acceptors (Lipinski definition) is 2. The molecule has 0 spiro atoms. The Morgan fingerprint density at radius 2 is 2.07 bits per heavy atom. The smallest absolute Gasteiger partial charge is 0.0682 e. The lowest BCUT2D eigenvalue weighted by Crippen LogP contribution is -1.86. The van der Waals surface area contributed by atoms with Gasteiger partial charge in [0.2, 0.25) is 0 Å². The molecule has 3 heteroatoms. The highest BCUT2D eigenvalue weighted by Gasteiger charge is 1.97. The summed E-state index contributed by atoms with van der Waals surface area (Å²) >= 11 is 5.89. The van der Waals surface area contributed by atoms with Crippen molar-refractivity contribution in [2.24, 2.45) is 0 Å². The van der Waals surface area contributed by atoms with E-state index in [-0.39, 0.29) is 13.2 Å². The van der Waals surface area contributed by atoms with Crippen molar-refractivity contribution in [2.75, 3.05) is 6.61 Å². The lowest BCUT2D eigenvalue weighted by molar-refractivity contribution is 0.282. The number of rotatable bonds is 2. The molecular weight excluding hydrogens is 200 g/mol. The number of aliphatic hydroxyl groups is 2. The van der Waals surface area contributed by atoms with Crippen molar-refractivity contribution in [1.82, 2.24) is 0 Å². The van der Waals surface area contributed by atoms with Gasteiger partial charge in [-0.25, -0.2) is 0 Å². The van der Waals surface area contributed by atoms with Crippen LogP contribution < -0.4 is 0 Å². The van der Waals surface area contributed by atoms with E-state index >= 15 is 0 Å². The van der Waals surface area contributed by atoms with Crippen LogP contribution in [0.4, 0.5) is 0 Å². The van der Waals surface area contributed by atoms with Crippen molar-refractivity contribution >= 4 is 11.6 Å². The predicted molar refractivity (Wildman–Crippen MR) is 56.0 cm³/mol. The van der Waals surface area contributed by atoms with E-state index in [0.717, 1.165) is 5.56 Å². The lowest BCUT2D eigenvalue weighted by Gasteiger charge is -1.99. The molecule has 0 aliphatic heterocycles. The summed E-state index contributed by atoms with van der Waals surface area (Å²) in [7, 11) is 0. The van der Waals surface area contributed by atoms with Gasteiger partial charge in [0.05, 0.1) is 18.2 Å². The summed E-state index contributed by atoms with van der Waals surface area (Å²) in [5.41, 5.74) is 1.47. The zero-order valence-electron chi connectivity index (χ0n) is 7.63. The fourth-order valence-electron chi connectivity index (χ4n) is 0.980. The molecule has 2 nitrogen and oxygen atoms in total. The summed E-state index contributed by atoms with van der Waals surface area (Å²) < 4.78 is 0. The van der Waals surface area contributed by atoms with Crippen LogP contribution in [0.5, 0.6) is 0 Å². The van der Waals surface area contributed by atoms with Crippen LogP contribution in [-0.4, -0.2) is 16.8 Å². The SMILES string of the molecule is OCCC#Cc1cc(CO)ccc1Cl. The maximum atomic E-state index is 8.89. The van der Waals surface area contributed by atoms with Crippen LogP contribution in [0.25, 0.3) is 0 Å². The molecule has 0 aliphatic rings. The van der Waals surface area contributed by atoms with Crippen LogP contribution >= 0.6 is 11.6 Å². The normalized spacial score (nSPS) is 9.36. The Balaban J connectivity index is 2.91. The van der Waals surface area contributed by atoms with Crippen LogP contribution in [0.15, 0.2) is 18.2 Å². The second kappa shape index (κ2) is 5.66. The Kier molecular flexibility index (Phi) is 4.48. The second-order valence-corrected chi connectivity index (χ2v) is 3.15. The van der Waals surface area contributed by atoms with Gasteiger partial charge in [-0.2, -0.15) is 0 Å². The van der Waals surface area contributed by atoms with E-state index in [9.17, 15) is 0 Å². The van der Waals surface area contributed by atoms with E-state index in [4.69, 9.17) is 21.8 Å². The van der Waals surface area contributed by atoms with Crippen LogP contribution in [0.2, 0.25) is 5.02 Å². The molecular formula is C11H11ClO2. The highest BCUT2D eigenvalue weighted by molar-refractivity contribution is 6.31. The average molecular weight is 211 g/mol. The van der Waals surface area contributed by atoms with Crippen molar-refractivity contribution in [3.8, 4) is 11.8 Å². The minimum Gasteiger partial charge on any atom is -0.395 e. The van der Waals surface area contributed by atoms with Gasteiger partial charge in [-0.1, -0.05) is 29.5 Å². The predicted octanol–water partition coefficient (Wildman–Crippen LogP) is 1.57. The highest BCUT2D eigenvalue weighted by atomic mass is 35.5. The minimum atomic E-state index is -0.0220. The Morgan fingerprint density at radius 1 is 1.29 bits per heavy atom. The van der Waals surface area contributed by atoms with Crippen molar-refractivity contribution in [3.05, 3.63) is 34.3 Å². The third-order valence-electron chi connectivity index (χ3n) is 1.67. The molecule has 0 bridgehead atoms. The molecule has 0 unspecified atom stereocenters. The first-order chi connectivity index (χ1) is 6.77. The third-order valence-corrected chi connectivity index (χ3v) is 2.00. The highest BCUT2D eigenvalue weighted by Crippen LogP contribution is 2.16. The van der Waals surface area contributed by atoms with Crippen LogP contribution in [0, 0.1) is 11.8 Å². The van der Waals surface area contributed by atoms with Gasteiger partial charge in [-0.05, 0) is 17.7 Å². The molecule has 0 aliphatic carbocycles. The van der Waals surface area contributed by atoms with Crippen molar-refractivity contribution < 1.29 is 10.2 Å². The van der Waals surface area contributed by atoms with Gasteiger partial charge in [0, 0.05) is 12.0 Å². The Hall–Kier alpha value is -1.01. The molecule has 1 rings (SSSR count). The molecule has 74 valence electrons. The average Bonchev–Trinajstić information content (AvgIpc) is 2.21. The molecule has 0 radical (unpaired) electrons. The summed E-state index contributed by atoms with van der Waals surface area (Å²) in [5, 5.41) is 18.0. The standard InChI is InChI=1S/C11H11ClO2/c12-11-5-4-9(8-14)7-10(11)3-1-2-6-13/h4-5,7,13-14H,2,6,8H2. The monoisotopic (exact) mass is 210 g/mol.